The number of carbonyl (C=O) groups excluding carboxylic acids is 3. The highest BCUT2D eigenvalue weighted by molar-refractivity contribution is 6.31. The average Bonchev–Trinajstić information content (AvgIpc) is 2.99. The van der Waals surface area contributed by atoms with Crippen molar-refractivity contribution in [3.05, 3.63) is 52.7 Å². The van der Waals surface area contributed by atoms with Crippen molar-refractivity contribution in [3.63, 3.8) is 0 Å². The van der Waals surface area contributed by atoms with Gasteiger partial charge in [0.1, 0.15) is 6.61 Å². The number of nitrogens with zero attached hydrogens (tertiary/aromatic N) is 1. The van der Waals surface area contributed by atoms with Gasteiger partial charge in [0.2, 0.25) is 17.7 Å². The van der Waals surface area contributed by atoms with Crippen LogP contribution in [0.1, 0.15) is 24.8 Å². The molecule has 1 fully saturated rings. The molecule has 0 saturated carbocycles. The zero-order valence-corrected chi connectivity index (χ0v) is 15.7. The summed E-state index contributed by atoms with van der Waals surface area (Å²) in [5.41, 5.74) is -0.635. The van der Waals surface area contributed by atoms with E-state index in [1.165, 1.54) is 6.07 Å². The summed E-state index contributed by atoms with van der Waals surface area (Å²) in [4.78, 5) is 36.8. The number of likely N-dealkylation sites (tertiary alicyclic amines) is 1. The Kier molecular flexibility index (Phi) is 6.09. The second-order valence-electron chi connectivity index (χ2n) is 6.46. The van der Waals surface area contributed by atoms with Gasteiger partial charge in [-0.2, -0.15) is 13.2 Å². The van der Waals surface area contributed by atoms with Crippen LogP contribution in [-0.2, 0) is 25.3 Å². The van der Waals surface area contributed by atoms with E-state index in [1.807, 2.05) is 0 Å². The van der Waals surface area contributed by atoms with Gasteiger partial charge in [-0.1, -0.05) is 23.8 Å². The zero-order chi connectivity index (χ0) is 21.2. The van der Waals surface area contributed by atoms with Crippen LogP contribution in [0.5, 0.6) is 0 Å². The number of alkyl halides is 3. The normalized spacial score (nSPS) is 19.5. The Bertz CT molecular complexity index is 895. The lowest BCUT2D eigenvalue weighted by molar-refractivity contribution is -0.138. The quantitative estimate of drug-likeness (QED) is 0.726. The third-order valence-corrected chi connectivity index (χ3v) is 4.68. The Morgan fingerprint density at radius 2 is 1.93 bits per heavy atom. The number of carbonyl (C=O) groups is 3. The SMILES string of the molecule is O=C(COC1C=CC=C(N2C(=O)CCC2=O)C1)Nc1ccc(Cl)c(C(F)(F)F)c1. The van der Waals surface area contributed by atoms with Crippen molar-refractivity contribution in [1.29, 1.82) is 0 Å². The molecule has 1 aliphatic heterocycles. The number of rotatable bonds is 5. The number of allylic oxidation sites excluding steroid dienone is 2. The Labute approximate surface area is 168 Å². The number of halogens is 4. The monoisotopic (exact) mass is 428 g/mol. The summed E-state index contributed by atoms with van der Waals surface area (Å²) in [7, 11) is 0. The molecule has 29 heavy (non-hydrogen) atoms. The van der Waals surface area contributed by atoms with Crippen molar-refractivity contribution >= 4 is 35.0 Å². The number of ether oxygens (including phenoxy) is 1. The Morgan fingerprint density at radius 1 is 1.24 bits per heavy atom. The fourth-order valence-electron chi connectivity index (χ4n) is 3.01. The summed E-state index contributed by atoms with van der Waals surface area (Å²) in [6.07, 6.45) is 0.255. The van der Waals surface area contributed by atoms with Crippen molar-refractivity contribution in [3.8, 4) is 0 Å². The van der Waals surface area contributed by atoms with Gasteiger partial charge in [-0.15, -0.1) is 0 Å². The van der Waals surface area contributed by atoms with Crippen LogP contribution in [0.25, 0.3) is 0 Å². The smallest absolute Gasteiger partial charge is 0.364 e. The fourth-order valence-corrected chi connectivity index (χ4v) is 3.23. The van der Waals surface area contributed by atoms with Gasteiger partial charge in [-0.05, 0) is 24.3 Å². The second-order valence-corrected chi connectivity index (χ2v) is 6.87. The van der Waals surface area contributed by atoms with Crippen molar-refractivity contribution in [2.75, 3.05) is 11.9 Å². The predicted molar refractivity (Wildman–Crippen MR) is 97.8 cm³/mol. The third-order valence-electron chi connectivity index (χ3n) is 4.35. The standard InChI is InChI=1S/C19H16ClF3N2O4/c20-15-5-4-11(8-14(15)19(21,22)23)24-16(26)10-29-13-3-1-2-12(9-13)25-17(27)6-7-18(25)28/h1-5,8,13H,6-7,9-10H2,(H,24,26). The highest BCUT2D eigenvalue weighted by atomic mass is 35.5. The molecule has 154 valence electrons. The fraction of sp³-hybridized carbons (Fsp3) is 0.316. The van der Waals surface area contributed by atoms with E-state index in [1.54, 1.807) is 18.2 Å². The minimum Gasteiger partial charge on any atom is -0.364 e. The van der Waals surface area contributed by atoms with Crippen LogP contribution in [-0.4, -0.2) is 35.3 Å². The van der Waals surface area contributed by atoms with E-state index in [4.69, 9.17) is 16.3 Å². The molecular weight excluding hydrogens is 413 g/mol. The largest absolute Gasteiger partial charge is 0.417 e. The van der Waals surface area contributed by atoms with Gasteiger partial charge in [0.05, 0.1) is 16.7 Å². The molecule has 1 heterocycles. The number of nitrogens with one attached hydrogen (secondary N) is 1. The van der Waals surface area contributed by atoms with Gasteiger partial charge in [0, 0.05) is 30.6 Å². The molecule has 3 rings (SSSR count). The molecule has 0 bridgehead atoms. The molecule has 6 nitrogen and oxygen atoms in total. The minimum absolute atomic E-state index is 0.0663. The molecule has 2 aliphatic rings. The van der Waals surface area contributed by atoms with E-state index in [-0.39, 0.29) is 36.8 Å². The first-order chi connectivity index (χ1) is 13.6. The third kappa shape index (κ3) is 5.04. The number of benzene rings is 1. The second kappa shape index (κ2) is 8.38. The first-order valence-electron chi connectivity index (χ1n) is 8.66. The van der Waals surface area contributed by atoms with E-state index < -0.39 is 35.4 Å². The van der Waals surface area contributed by atoms with Crippen molar-refractivity contribution < 1.29 is 32.3 Å². The van der Waals surface area contributed by atoms with Crippen LogP contribution in [0.2, 0.25) is 5.02 Å². The summed E-state index contributed by atoms with van der Waals surface area (Å²) < 4.78 is 44.1. The molecule has 1 N–H and O–H groups in total. The van der Waals surface area contributed by atoms with Crippen LogP contribution in [0.4, 0.5) is 18.9 Å². The molecule has 1 atom stereocenters. The first kappa shape index (κ1) is 21.1. The maximum atomic E-state index is 12.9. The number of anilines is 1. The zero-order valence-electron chi connectivity index (χ0n) is 15.0. The van der Waals surface area contributed by atoms with Gasteiger partial charge in [0.15, 0.2) is 0 Å². The molecule has 1 aromatic rings. The summed E-state index contributed by atoms with van der Waals surface area (Å²) in [5.74, 6) is -1.22. The lowest BCUT2D eigenvalue weighted by atomic mass is 10.1. The van der Waals surface area contributed by atoms with Gasteiger partial charge < -0.3 is 10.1 Å². The van der Waals surface area contributed by atoms with Crippen LogP contribution in [0.3, 0.4) is 0 Å². The summed E-state index contributed by atoms with van der Waals surface area (Å²) in [6, 6.07) is 3.04. The summed E-state index contributed by atoms with van der Waals surface area (Å²) in [5, 5.41) is 1.85. The lowest BCUT2D eigenvalue weighted by Gasteiger charge is -2.24. The van der Waals surface area contributed by atoms with Crippen molar-refractivity contribution in [2.24, 2.45) is 0 Å². The van der Waals surface area contributed by atoms with Crippen LogP contribution in [0, 0.1) is 0 Å². The predicted octanol–water partition coefficient (Wildman–Crippen LogP) is 3.68. The highest BCUT2D eigenvalue weighted by Gasteiger charge is 2.34. The van der Waals surface area contributed by atoms with Crippen LogP contribution < -0.4 is 5.32 Å². The number of hydrogen-bond donors (Lipinski definition) is 1. The number of hydrogen-bond acceptors (Lipinski definition) is 4. The molecule has 0 radical (unpaired) electrons. The van der Waals surface area contributed by atoms with Gasteiger partial charge in [-0.25, -0.2) is 0 Å². The summed E-state index contributed by atoms with van der Waals surface area (Å²) >= 11 is 5.55. The van der Waals surface area contributed by atoms with E-state index in [9.17, 15) is 27.6 Å². The highest BCUT2D eigenvalue weighted by Crippen LogP contribution is 2.36. The molecule has 0 aromatic heterocycles. The molecule has 10 heteroatoms. The molecule has 0 spiro atoms. The van der Waals surface area contributed by atoms with Gasteiger partial charge in [0.25, 0.3) is 0 Å². The maximum Gasteiger partial charge on any atom is 0.417 e. The number of imide groups is 1. The van der Waals surface area contributed by atoms with Crippen molar-refractivity contribution in [2.45, 2.75) is 31.5 Å². The Hall–Kier alpha value is -2.65. The molecule has 1 saturated heterocycles. The Morgan fingerprint density at radius 3 is 2.59 bits per heavy atom. The minimum atomic E-state index is -4.64. The van der Waals surface area contributed by atoms with Crippen molar-refractivity contribution in [1.82, 2.24) is 4.90 Å². The Balaban J connectivity index is 1.55. The van der Waals surface area contributed by atoms with Gasteiger partial charge in [-0.3, -0.25) is 19.3 Å². The molecule has 1 unspecified atom stereocenters. The summed E-state index contributed by atoms with van der Waals surface area (Å²) in [6.45, 7) is -0.422. The molecule has 1 aromatic carbocycles. The van der Waals surface area contributed by atoms with Gasteiger partial charge >= 0.3 is 6.18 Å². The lowest BCUT2D eigenvalue weighted by Crippen LogP contribution is -2.32. The molecule has 3 amide bonds. The number of amides is 3. The van der Waals surface area contributed by atoms with E-state index in [2.05, 4.69) is 5.32 Å². The molecule has 1 aliphatic carbocycles. The van der Waals surface area contributed by atoms with E-state index in [0.29, 0.717) is 5.70 Å². The van der Waals surface area contributed by atoms with Crippen LogP contribution in [0.15, 0.2) is 42.1 Å². The topological polar surface area (TPSA) is 75.7 Å². The average molecular weight is 429 g/mol. The van der Waals surface area contributed by atoms with E-state index >= 15 is 0 Å². The van der Waals surface area contributed by atoms with Crippen LogP contribution >= 0.6 is 11.6 Å². The first-order valence-corrected chi connectivity index (χ1v) is 9.04. The van der Waals surface area contributed by atoms with E-state index in [0.717, 1.165) is 17.0 Å². The molecular formula is C19H16ClF3N2O4. The maximum absolute atomic E-state index is 12.9.